The second kappa shape index (κ2) is 11.7. The highest BCUT2D eigenvalue weighted by molar-refractivity contribution is 7.14. The molecule has 0 unspecified atom stereocenters. The Kier molecular flexibility index (Phi) is 8.82. The Hall–Kier alpha value is -3.87. The van der Waals surface area contributed by atoms with Crippen molar-refractivity contribution in [2.75, 3.05) is 18.7 Å². The molecule has 0 saturated carbocycles. The van der Waals surface area contributed by atoms with Crippen molar-refractivity contribution < 1.29 is 27.8 Å². The number of pyridine rings is 1. The SMILES string of the molecule is CCCCOc1c(C(N)=O)n(N(C)C(=O)OC(C)(C)C)cc(-c2nnc(Cc3ccc(F)cc3F)s2)c1=O. The van der Waals surface area contributed by atoms with Crippen molar-refractivity contribution in [3.63, 3.8) is 0 Å². The summed E-state index contributed by atoms with van der Waals surface area (Å²) in [5.74, 6) is -2.79. The van der Waals surface area contributed by atoms with E-state index in [1.54, 1.807) is 20.8 Å². The molecule has 0 saturated heterocycles. The van der Waals surface area contributed by atoms with Gasteiger partial charge in [-0.1, -0.05) is 30.7 Å². The van der Waals surface area contributed by atoms with Crippen LogP contribution in [0, 0.1) is 11.6 Å². The Morgan fingerprint density at radius 3 is 2.53 bits per heavy atom. The van der Waals surface area contributed by atoms with E-state index in [-0.39, 0.29) is 40.6 Å². The third-order valence-electron chi connectivity index (χ3n) is 5.16. The molecule has 1 aromatic carbocycles. The van der Waals surface area contributed by atoms with Crippen molar-refractivity contribution in [3.05, 3.63) is 62.5 Å². The Morgan fingerprint density at radius 2 is 1.92 bits per heavy atom. The Bertz CT molecular complexity index is 1400. The smallest absolute Gasteiger partial charge is 0.429 e. The van der Waals surface area contributed by atoms with E-state index in [1.165, 1.54) is 19.3 Å². The first-order valence-corrected chi connectivity index (χ1v) is 12.6. The van der Waals surface area contributed by atoms with Crippen molar-refractivity contribution in [2.24, 2.45) is 5.73 Å². The normalized spacial score (nSPS) is 11.3. The van der Waals surface area contributed by atoms with Crippen molar-refractivity contribution in [2.45, 2.75) is 52.6 Å². The standard InChI is InChI=1S/C25H29F2N5O5S/c1-6-7-10-36-21-19(22(28)34)32(31(5)24(35)37-25(2,3)4)13-16(20(21)33)23-30-29-18(38-23)11-14-8-9-15(26)12-17(14)27/h8-9,12-13H,6-7,10-11H2,1-5H3,(H2,28,34). The first-order chi connectivity index (χ1) is 17.8. The molecule has 0 aliphatic carbocycles. The van der Waals surface area contributed by atoms with Crippen LogP contribution in [-0.4, -0.2) is 46.1 Å². The molecular weight excluding hydrogens is 520 g/mol. The van der Waals surface area contributed by atoms with E-state index in [1.807, 2.05) is 6.92 Å². The highest BCUT2D eigenvalue weighted by Gasteiger charge is 2.29. The van der Waals surface area contributed by atoms with Crippen LogP contribution in [0.4, 0.5) is 13.6 Å². The second-order valence-electron chi connectivity index (χ2n) is 9.38. The lowest BCUT2D eigenvalue weighted by Crippen LogP contribution is -2.44. The summed E-state index contributed by atoms with van der Waals surface area (Å²) in [7, 11) is 1.34. The van der Waals surface area contributed by atoms with Gasteiger partial charge < -0.3 is 15.2 Å². The maximum absolute atomic E-state index is 14.1. The molecule has 3 rings (SSSR count). The minimum atomic E-state index is -1.000. The van der Waals surface area contributed by atoms with Gasteiger partial charge in [-0.2, -0.15) is 0 Å². The summed E-state index contributed by atoms with van der Waals surface area (Å²) in [5.41, 5.74) is 3.91. The zero-order valence-corrected chi connectivity index (χ0v) is 22.5. The first kappa shape index (κ1) is 28.7. The molecule has 204 valence electrons. The fourth-order valence-corrected chi connectivity index (χ4v) is 4.19. The highest BCUT2D eigenvalue weighted by Crippen LogP contribution is 2.27. The van der Waals surface area contributed by atoms with Crippen LogP contribution in [0.1, 0.15) is 61.6 Å². The third-order valence-corrected chi connectivity index (χ3v) is 6.12. The lowest BCUT2D eigenvalue weighted by Gasteiger charge is -2.28. The third kappa shape index (κ3) is 6.71. The number of benzene rings is 1. The number of nitrogens with two attached hydrogens (primary N) is 1. The molecule has 2 aromatic heterocycles. The topological polar surface area (TPSA) is 130 Å². The molecule has 0 spiro atoms. The number of carbonyl (C=O) groups excluding carboxylic acids is 2. The van der Waals surface area contributed by atoms with E-state index in [2.05, 4.69) is 10.2 Å². The number of hydrogen-bond acceptors (Lipinski definition) is 8. The van der Waals surface area contributed by atoms with Gasteiger partial charge in [0.15, 0.2) is 16.5 Å². The van der Waals surface area contributed by atoms with Crippen LogP contribution in [0.3, 0.4) is 0 Å². The first-order valence-electron chi connectivity index (χ1n) is 11.8. The molecule has 0 aliphatic heterocycles. The lowest BCUT2D eigenvalue weighted by atomic mass is 10.1. The number of ether oxygens (including phenoxy) is 2. The van der Waals surface area contributed by atoms with Crippen LogP contribution >= 0.6 is 11.3 Å². The van der Waals surface area contributed by atoms with E-state index in [0.29, 0.717) is 11.4 Å². The van der Waals surface area contributed by atoms with Gasteiger partial charge in [0.05, 0.1) is 12.2 Å². The van der Waals surface area contributed by atoms with E-state index in [0.717, 1.165) is 39.6 Å². The number of aromatic nitrogens is 3. The monoisotopic (exact) mass is 549 g/mol. The molecule has 0 radical (unpaired) electrons. The number of unbranched alkanes of at least 4 members (excludes halogenated alkanes) is 1. The van der Waals surface area contributed by atoms with Gasteiger partial charge in [-0.15, -0.1) is 10.2 Å². The van der Waals surface area contributed by atoms with Gasteiger partial charge in [0.2, 0.25) is 5.43 Å². The van der Waals surface area contributed by atoms with Gasteiger partial charge >= 0.3 is 6.09 Å². The highest BCUT2D eigenvalue weighted by atomic mass is 32.1. The fourth-order valence-electron chi connectivity index (χ4n) is 3.32. The van der Waals surface area contributed by atoms with Gasteiger partial charge in [0, 0.05) is 25.7 Å². The summed E-state index contributed by atoms with van der Waals surface area (Å²) in [6.45, 7) is 7.08. The van der Waals surface area contributed by atoms with Gasteiger partial charge in [0.25, 0.3) is 5.91 Å². The van der Waals surface area contributed by atoms with Crippen molar-refractivity contribution in [1.82, 2.24) is 14.9 Å². The maximum Gasteiger partial charge on any atom is 0.429 e. The molecule has 2 N–H and O–H groups in total. The van der Waals surface area contributed by atoms with Gasteiger partial charge in [-0.05, 0) is 38.8 Å². The minimum Gasteiger partial charge on any atom is -0.487 e. The summed E-state index contributed by atoms with van der Waals surface area (Å²) in [4.78, 5) is 38.8. The van der Waals surface area contributed by atoms with Crippen LogP contribution < -0.4 is 20.9 Å². The van der Waals surface area contributed by atoms with Gasteiger partial charge in [-0.25, -0.2) is 23.3 Å². The molecule has 2 heterocycles. The predicted molar refractivity (Wildman–Crippen MR) is 138 cm³/mol. The minimum absolute atomic E-state index is 0.00894. The van der Waals surface area contributed by atoms with Crippen LogP contribution in [0.15, 0.2) is 29.2 Å². The van der Waals surface area contributed by atoms with E-state index in [4.69, 9.17) is 15.2 Å². The number of nitrogens with zero attached hydrogens (tertiary/aromatic N) is 4. The largest absolute Gasteiger partial charge is 0.487 e. The fraction of sp³-hybridized carbons (Fsp3) is 0.400. The number of rotatable bonds is 9. The van der Waals surface area contributed by atoms with E-state index in [9.17, 15) is 23.2 Å². The summed E-state index contributed by atoms with van der Waals surface area (Å²) < 4.78 is 39.6. The molecule has 2 amide bonds. The number of halogens is 2. The zero-order valence-electron chi connectivity index (χ0n) is 21.7. The molecule has 3 aromatic rings. The quantitative estimate of drug-likeness (QED) is 0.399. The van der Waals surface area contributed by atoms with Crippen LogP contribution in [0.5, 0.6) is 5.75 Å². The average Bonchev–Trinajstić information content (AvgIpc) is 3.28. The number of amides is 2. The van der Waals surface area contributed by atoms with Crippen LogP contribution in [0.25, 0.3) is 10.6 Å². The average molecular weight is 550 g/mol. The Balaban J connectivity index is 2.12. The van der Waals surface area contributed by atoms with Crippen LogP contribution in [0.2, 0.25) is 0 Å². The van der Waals surface area contributed by atoms with Crippen molar-refractivity contribution in [3.8, 4) is 16.3 Å². The van der Waals surface area contributed by atoms with E-state index < -0.39 is 34.7 Å². The van der Waals surface area contributed by atoms with Crippen molar-refractivity contribution in [1.29, 1.82) is 0 Å². The Morgan fingerprint density at radius 1 is 1.21 bits per heavy atom. The molecule has 0 atom stereocenters. The van der Waals surface area contributed by atoms with Crippen LogP contribution in [-0.2, 0) is 11.2 Å². The van der Waals surface area contributed by atoms with E-state index >= 15 is 0 Å². The molecule has 13 heteroatoms. The maximum atomic E-state index is 14.1. The summed E-state index contributed by atoms with van der Waals surface area (Å²) in [5, 5.41) is 9.56. The summed E-state index contributed by atoms with van der Waals surface area (Å²) in [6.07, 6.45) is 1.77. The molecule has 38 heavy (non-hydrogen) atoms. The summed E-state index contributed by atoms with van der Waals surface area (Å²) in [6, 6.07) is 3.20. The summed E-state index contributed by atoms with van der Waals surface area (Å²) >= 11 is 0.996. The van der Waals surface area contributed by atoms with Gasteiger partial charge in [-0.3, -0.25) is 9.59 Å². The molecule has 0 aliphatic rings. The number of primary amides is 1. The second-order valence-corrected chi connectivity index (χ2v) is 10.4. The number of carbonyl (C=O) groups is 2. The molecule has 0 bridgehead atoms. The zero-order chi connectivity index (χ0) is 28.2. The molecule has 10 nitrogen and oxygen atoms in total. The number of hydrogen-bond donors (Lipinski definition) is 1. The van der Waals surface area contributed by atoms with Crippen molar-refractivity contribution >= 4 is 23.3 Å². The molecule has 0 fully saturated rings. The Labute approximate surface area is 222 Å². The predicted octanol–water partition coefficient (Wildman–Crippen LogP) is 4.02. The van der Waals surface area contributed by atoms with Gasteiger partial charge in [0.1, 0.15) is 22.2 Å². The lowest BCUT2D eigenvalue weighted by molar-refractivity contribution is 0.0549. The molecular formula is C25H29F2N5O5S.